The summed E-state index contributed by atoms with van der Waals surface area (Å²) in [5, 5.41) is 1.47. The minimum absolute atomic E-state index is 0.0186. The molecule has 0 radical (unpaired) electrons. The summed E-state index contributed by atoms with van der Waals surface area (Å²) in [7, 11) is -3.33. The quantitative estimate of drug-likeness (QED) is 0.944. The molecule has 110 valence electrons. The van der Waals surface area contributed by atoms with Crippen molar-refractivity contribution in [2.75, 3.05) is 5.32 Å². The minimum atomic E-state index is -4.96. The molecule has 0 aliphatic rings. The molecular weight excluding hydrogens is 307 g/mol. The highest BCUT2D eigenvalue weighted by molar-refractivity contribution is 7.86. The van der Waals surface area contributed by atoms with Gasteiger partial charge >= 0.3 is 5.51 Å². The lowest BCUT2D eigenvalue weighted by Crippen LogP contribution is -2.21. The molecule has 0 spiro atoms. The molecule has 0 aliphatic heterocycles. The molecule has 1 atom stereocenters. The van der Waals surface area contributed by atoms with E-state index in [1.165, 1.54) is 24.4 Å². The molecule has 5 nitrogen and oxygen atoms in total. The third-order valence-corrected chi connectivity index (χ3v) is 3.40. The number of amides is 1. The zero-order valence-corrected chi connectivity index (χ0v) is 11.1. The molecule has 2 rings (SSSR count). The van der Waals surface area contributed by atoms with Gasteiger partial charge in [-0.2, -0.15) is 13.2 Å². The van der Waals surface area contributed by atoms with Gasteiger partial charge in [0.05, 0.1) is 5.69 Å². The predicted molar refractivity (Wildman–Crippen MR) is 68.9 cm³/mol. The maximum absolute atomic E-state index is 12.5. The molecular formula is C12H8F3N3O2S. The fraction of sp³-hybridized carbons (Fsp3) is 0.0833. The van der Waals surface area contributed by atoms with Gasteiger partial charge in [0.2, 0.25) is 0 Å². The van der Waals surface area contributed by atoms with Crippen molar-refractivity contribution in [1.29, 1.82) is 0 Å². The monoisotopic (exact) mass is 315 g/mol. The Labute approximate surface area is 119 Å². The number of halogens is 3. The van der Waals surface area contributed by atoms with E-state index in [0.29, 0.717) is 0 Å². The Balaban J connectivity index is 2.30. The van der Waals surface area contributed by atoms with E-state index in [1.54, 1.807) is 12.1 Å². The largest absolute Gasteiger partial charge is 0.477 e. The van der Waals surface area contributed by atoms with Gasteiger partial charge in [-0.1, -0.05) is 6.07 Å². The highest BCUT2D eigenvalue weighted by Gasteiger charge is 2.40. The van der Waals surface area contributed by atoms with Crippen LogP contribution in [0.3, 0.4) is 0 Å². The molecule has 9 heteroatoms. The molecule has 21 heavy (non-hydrogen) atoms. The normalized spacial score (nSPS) is 12.7. The zero-order valence-electron chi connectivity index (χ0n) is 10.3. The van der Waals surface area contributed by atoms with E-state index in [-0.39, 0.29) is 11.4 Å². The first kappa shape index (κ1) is 15.1. The average Bonchev–Trinajstić information content (AvgIpc) is 2.47. The number of carbonyl (C=O) groups is 1. The summed E-state index contributed by atoms with van der Waals surface area (Å²) >= 11 is 0. The van der Waals surface area contributed by atoms with E-state index in [0.717, 1.165) is 6.20 Å². The highest BCUT2D eigenvalue weighted by Crippen LogP contribution is 2.29. The lowest BCUT2D eigenvalue weighted by Gasteiger charge is -2.11. The van der Waals surface area contributed by atoms with Crippen LogP contribution >= 0.6 is 0 Å². The molecule has 2 aromatic heterocycles. The number of anilines is 1. The molecule has 2 aromatic rings. The molecule has 0 aromatic carbocycles. The van der Waals surface area contributed by atoms with Crippen molar-refractivity contribution >= 4 is 22.4 Å². The maximum Gasteiger partial charge on any atom is 0.477 e. The van der Waals surface area contributed by atoms with E-state index in [4.69, 9.17) is 0 Å². The van der Waals surface area contributed by atoms with Crippen molar-refractivity contribution in [1.82, 2.24) is 9.97 Å². The summed E-state index contributed by atoms with van der Waals surface area (Å²) in [5.41, 5.74) is -5.22. The number of pyridine rings is 2. The van der Waals surface area contributed by atoms with Crippen LogP contribution in [0.1, 0.15) is 10.5 Å². The van der Waals surface area contributed by atoms with Crippen molar-refractivity contribution in [3.8, 4) is 0 Å². The highest BCUT2D eigenvalue weighted by atomic mass is 32.2. The number of hydrogen-bond acceptors (Lipinski definition) is 4. The van der Waals surface area contributed by atoms with Crippen molar-refractivity contribution in [3.63, 3.8) is 0 Å². The Hall–Kier alpha value is -2.29. The summed E-state index contributed by atoms with van der Waals surface area (Å²) in [4.78, 5) is 19.1. The van der Waals surface area contributed by atoms with Gasteiger partial charge in [0.25, 0.3) is 5.91 Å². The lowest BCUT2D eigenvalue weighted by atomic mass is 10.3. The van der Waals surface area contributed by atoms with Crippen LogP contribution in [0, 0.1) is 0 Å². The Morgan fingerprint density at radius 1 is 1.10 bits per heavy atom. The van der Waals surface area contributed by atoms with Crippen LogP contribution in [-0.2, 0) is 10.8 Å². The van der Waals surface area contributed by atoms with Gasteiger partial charge in [-0.05, 0) is 24.3 Å². The van der Waals surface area contributed by atoms with Crippen molar-refractivity contribution in [2.24, 2.45) is 0 Å². The molecule has 0 aliphatic carbocycles. The summed E-state index contributed by atoms with van der Waals surface area (Å²) in [6, 6.07) is 7.05. The number of nitrogens with zero attached hydrogens (tertiary/aromatic N) is 2. The number of nitrogens with one attached hydrogen (secondary N) is 1. The van der Waals surface area contributed by atoms with Gasteiger partial charge in [0.1, 0.15) is 5.69 Å². The number of alkyl halides is 3. The van der Waals surface area contributed by atoms with Crippen molar-refractivity contribution in [3.05, 3.63) is 48.4 Å². The Morgan fingerprint density at radius 3 is 2.43 bits per heavy atom. The van der Waals surface area contributed by atoms with Crippen LogP contribution in [0.25, 0.3) is 0 Å². The second kappa shape index (κ2) is 6.00. The number of carbonyl (C=O) groups excluding carboxylic acids is 1. The fourth-order valence-electron chi connectivity index (χ4n) is 1.43. The minimum Gasteiger partial charge on any atom is -0.318 e. The first-order valence-electron chi connectivity index (χ1n) is 5.55. The van der Waals surface area contributed by atoms with E-state index >= 15 is 0 Å². The van der Waals surface area contributed by atoms with Gasteiger partial charge < -0.3 is 5.32 Å². The van der Waals surface area contributed by atoms with Crippen molar-refractivity contribution in [2.45, 2.75) is 10.5 Å². The second-order valence-corrected chi connectivity index (χ2v) is 5.13. The molecule has 1 amide bonds. The van der Waals surface area contributed by atoms with Crippen LogP contribution < -0.4 is 5.32 Å². The summed E-state index contributed by atoms with van der Waals surface area (Å²) < 4.78 is 48.9. The molecule has 0 fully saturated rings. The van der Waals surface area contributed by atoms with Crippen LogP contribution in [0.4, 0.5) is 18.9 Å². The third kappa shape index (κ3) is 3.63. The van der Waals surface area contributed by atoms with Gasteiger partial charge in [-0.25, -0.2) is 9.19 Å². The van der Waals surface area contributed by atoms with Crippen molar-refractivity contribution < 1.29 is 22.2 Å². The van der Waals surface area contributed by atoms with Gasteiger partial charge in [0, 0.05) is 12.4 Å². The van der Waals surface area contributed by atoms with E-state index in [2.05, 4.69) is 15.3 Å². The van der Waals surface area contributed by atoms with E-state index in [9.17, 15) is 22.2 Å². The molecule has 0 saturated heterocycles. The van der Waals surface area contributed by atoms with E-state index < -0.39 is 27.2 Å². The molecule has 0 saturated carbocycles. The number of aromatic nitrogens is 2. The van der Waals surface area contributed by atoms with E-state index in [1.807, 2.05) is 0 Å². The number of rotatable bonds is 3. The Kier molecular flexibility index (Phi) is 4.32. The molecule has 2 heterocycles. The summed E-state index contributed by atoms with van der Waals surface area (Å²) in [6.45, 7) is 0. The average molecular weight is 315 g/mol. The summed E-state index contributed by atoms with van der Waals surface area (Å²) in [6.07, 6.45) is 2.43. The lowest BCUT2D eigenvalue weighted by molar-refractivity contribution is -0.0386. The molecule has 1 N–H and O–H groups in total. The third-order valence-electron chi connectivity index (χ3n) is 2.30. The van der Waals surface area contributed by atoms with Crippen LogP contribution in [0.15, 0.2) is 47.8 Å². The zero-order chi connectivity index (χ0) is 15.5. The van der Waals surface area contributed by atoms with Gasteiger partial charge in [-0.3, -0.25) is 9.78 Å². The number of hydrogen-bond donors (Lipinski definition) is 1. The van der Waals surface area contributed by atoms with Gasteiger partial charge in [0.15, 0.2) is 15.8 Å². The molecule has 0 bridgehead atoms. The van der Waals surface area contributed by atoms with Crippen LogP contribution in [0.2, 0.25) is 0 Å². The predicted octanol–water partition coefficient (Wildman–Crippen LogP) is 2.36. The fourth-order valence-corrected chi connectivity index (χ4v) is 2.12. The Bertz CT molecular complexity index is 677. The Morgan fingerprint density at radius 2 is 1.81 bits per heavy atom. The second-order valence-electron chi connectivity index (χ2n) is 3.74. The van der Waals surface area contributed by atoms with Gasteiger partial charge in [-0.15, -0.1) is 0 Å². The topological polar surface area (TPSA) is 72.0 Å². The van der Waals surface area contributed by atoms with Crippen LogP contribution in [0.5, 0.6) is 0 Å². The SMILES string of the molecule is O=C(Nc1cccnc1S(=O)C(F)(F)F)c1ccccn1. The van der Waals surface area contributed by atoms with Crippen LogP contribution in [-0.4, -0.2) is 25.6 Å². The maximum atomic E-state index is 12.5. The summed E-state index contributed by atoms with van der Waals surface area (Å²) in [5.74, 6) is -0.718. The first-order chi connectivity index (χ1) is 9.89. The molecule has 1 unspecified atom stereocenters. The first-order valence-corrected chi connectivity index (χ1v) is 6.70. The smallest absolute Gasteiger partial charge is 0.318 e. The standard InChI is InChI=1S/C12H8F3N3O2S/c13-12(14,15)21(20)11-9(5-3-7-17-11)18-10(19)8-4-1-2-6-16-8/h1-7H,(H,18,19).